The zero-order valence-electron chi connectivity index (χ0n) is 16.4. The molecule has 4 rings (SSSR count). The van der Waals surface area contributed by atoms with Crippen molar-refractivity contribution in [3.05, 3.63) is 48.5 Å². The highest BCUT2D eigenvalue weighted by atomic mass is 32.2. The molecule has 2 aliphatic heterocycles. The Morgan fingerprint density at radius 1 is 0.889 bits per heavy atom. The fourth-order valence-corrected chi connectivity index (χ4v) is 5.10. The second kappa shape index (κ2) is 8.68. The van der Waals surface area contributed by atoms with E-state index in [2.05, 4.69) is 72.2 Å². The highest BCUT2D eigenvalue weighted by Gasteiger charge is 2.29. The predicted octanol–water partition coefficient (Wildman–Crippen LogP) is 5.43. The van der Waals surface area contributed by atoms with Crippen LogP contribution in [0.2, 0.25) is 0 Å². The van der Waals surface area contributed by atoms with Crippen LogP contribution in [0.4, 0.5) is 11.4 Å². The van der Waals surface area contributed by atoms with Gasteiger partial charge in [-0.3, -0.25) is 4.90 Å². The molecular weight excluding hydrogens is 352 g/mol. The van der Waals surface area contributed by atoms with E-state index >= 15 is 0 Å². The average Bonchev–Trinajstić information content (AvgIpc) is 3.21. The molecule has 144 valence electrons. The summed E-state index contributed by atoms with van der Waals surface area (Å²) >= 11 is 1.88. The monoisotopic (exact) mass is 382 g/mol. The molecule has 2 aliphatic rings. The molecule has 0 amide bonds. The molecule has 0 saturated carbocycles. The van der Waals surface area contributed by atoms with Gasteiger partial charge >= 0.3 is 0 Å². The van der Waals surface area contributed by atoms with Gasteiger partial charge in [-0.05, 0) is 56.1 Å². The molecule has 1 fully saturated rings. The minimum Gasteiger partial charge on any atom is -0.379 e. The van der Waals surface area contributed by atoms with Crippen LogP contribution in [0.3, 0.4) is 0 Å². The fourth-order valence-electron chi connectivity index (χ4n) is 4.01. The summed E-state index contributed by atoms with van der Waals surface area (Å²) in [7, 11) is 0. The first-order valence-electron chi connectivity index (χ1n) is 10.2. The number of nitrogens with zero attached hydrogens (tertiary/aromatic N) is 2. The summed E-state index contributed by atoms with van der Waals surface area (Å²) in [5.41, 5.74) is 2.66. The first-order chi connectivity index (χ1) is 13.2. The summed E-state index contributed by atoms with van der Waals surface area (Å²) in [6.45, 7) is 9.47. The van der Waals surface area contributed by atoms with Crippen LogP contribution < -0.4 is 4.90 Å². The van der Waals surface area contributed by atoms with Gasteiger partial charge < -0.3 is 9.64 Å². The lowest BCUT2D eigenvalue weighted by molar-refractivity contribution is 0.0575. The van der Waals surface area contributed by atoms with Crippen LogP contribution in [0.25, 0.3) is 0 Å². The molecule has 0 bridgehead atoms. The maximum Gasteiger partial charge on any atom is 0.0639 e. The number of ether oxygens (including phenoxy) is 1. The molecule has 0 aromatic heterocycles. The van der Waals surface area contributed by atoms with Crippen molar-refractivity contribution in [2.45, 2.75) is 42.5 Å². The molecule has 2 aromatic carbocycles. The van der Waals surface area contributed by atoms with Gasteiger partial charge in [0, 0.05) is 22.9 Å². The van der Waals surface area contributed by atoms with Gasteiger partial charge in [-0.1, -0.05) is 49.9 Å². The predicted molar refractivity (Wildman–Crippen MR) is 114 cm³/mol. The number of likely N-dealkylation sites (tertiary alicyclic amines) is 1. The van der Waals surface area contributed by atoms with Crippen LogP contribution in [0, 0.1) is 5.92 Å². The minimum absolute atomic E-state index is 0.426. The lowest BCUT2D eigenvalue weighted by atomic mass is 10.1. The van der Waals surface area contributed by atoms with Gasteiger partial charge in [0.25, 0.3) is 0 Å². The Morgan fingerprint density at radius 2 is 1.48 bits per heavy atom. The standard InChI is InChI=1S/C23H30N2OS/c1-18(2)16-26-17-19(24-13-7-8-14-24)15-25-20-9-3-5-11-22(20)27-23-12-6-4-10-21(23)25/h3-6,9-12,18-19H,7-8,13-17H2,1-2H3. The number of fused-ring (bicyclic) bond motifs is 2. The van der Waals surface area contributed by atoms with E-state index in [1.165, 1.54) is 47.1 Å². The molecule has 2 aromatic rings. The first-order valence-corrected chi connectivity index (χ1v) is 11.0. The second-order valence-corrected chi connectivity index (χ2v) is 9.06. The summed E-state index contributed by atoms with van der Waals surface area (Å²) < 4.78 is 6.11. The molecule has 0 N–H and O–H groups in total. The van der Waals surface area contributed by atoms with Crippen molar-refractivity contribution in [2.75, 3.05) is 37.7 Å². The van der Waals surface area contributed by atoms with Gasteiger partial charge in [0.2, 0.25) is 0 Å². The van der Waals surface area contributed by atoms with E-state index in [9.17, 15) is 0 Å². The minimum atomic E-state index is 0.426. The van der Waals surface area contributed by atoms with Crippen LogP contribution in [0.1, 0.15) is 26.7 Å². The molecular formula is C23H30N2OS. The zero-order chi connectivity index (χ0) is 18.6. The summed E-state index contributed by atoms with van der Waals surface area (Å²) in [5, 5.41) is 0. The van der Waals surface area contributed by atoms with Crippen LogP contribution in [-0.4, -0.2) is 43.8 Å². The third kappa shape index (κ3) is 4.34. The lowest BCUT2D eigenvalue weighted by Crippen LogP contribution is -2.45. The summed E-state index contributed by atoms with van der Waals surface area (Å²) in [4.78, 5) is 7.84. The first kappa shape index (κ1) is 18.9. The number of rotatable bonds is 7. The van der Waals surface area contributed by atoms with Gasteiger partial charge in [-0.25, -0.2) is 0 Å². The van der Waals surface area contributed by atoms with Crippen molar-refractivity contribution in [3.8, 4) is 0 Å². The summed E-state index contributed by atoms with van der Waals surface area (Å²) in [6.07, 6.45) is 2.62. The molecule has 3 nitrogen and oxygen atoms in total. The van der Waals surface area contributed by atoms with E-state index < -0.39 is 0 Å². The normalized spacial score (nSPS) is 17.8. The molecule has 0 spiro atoms. The number of hydrogen-bond donors (Lipinski definition) is 0. The van der Waals surface area contributed by atoms with Crippen LogP contribution in [-0.2, 0) is 4.74 Å². The lowest BCUT2D eigenvalue weighted by Gasteiger charge is -2.38. The Kier molecular flexibility index (Phi) is 6.06. The second-order valence-electron chi connectivity index (χ2n) is 7.98. The van der Waals surface area contributed by atoms with Crippen LogP contribution in [0.15, 0.2) is 58.3 Å². The fraction of sp³-hybridized carbons (Fsp3) is 0.478. The number of benzene rings is 2. The van der Waals surface area contributed by atoms with Crippen molar-refractivity contribution in [1.29, 1.82) is 0 Å². The van der Waals surface area contributed by atoms with E-state index in [0.29, 0.717) is 12.0 Å². The number of anilines is 2. The average molecular weight is 383 g/mol. The third-order valence-electron chi connectivity index (χ3n) is 5.34. The Balaban J connectivity index is 1.60. The Hall–Kier alpha value is -1.49. The maximum absolute atomic E-state index is 6.11. The van der Waals surface area contributed by atoms with Crippen molar-refractivity contribution in [2.24, 2.45) is 5.92 Å². The largest absolute Gasteiger partial charge is 0.379 e. The zero-order valence-corrected chi connectivity index (χ0v) is 17.3. The van der Waals surface area contributed by atoms with E-state index in [-0.39, 0.29) is 0 Å². The molecule has 1 unspecified atom stereocenters. The third-order valence-corrected chi connectivity index (χ3v) is 6.47. The van der Waals surface area contributed by atoms with Crippen molar-refractivity contribution in [3.63, 3.8) is 0 Å². The number of hydrogen-bond acceptors (Lipinski definition) is 4. The SMILES string of the molecule is CC(C)COCC(CN1c2ccccc2Sc2ccccc21)N1CCCC1. The van der Waals surface area contributed by atoms with Gasteiger partial charge in [0.1, 0.15) is 0 Å². The molecule has 0 radical (unpaired) electrons. The van der Waals surface area contributed by atoms with Gasteiger partial charge in [0.05, 0.1) is 24.0 Å². The molecule has 27 heavy (non-hydrogen) atoms. The van der Waals surface area contributed by atoms with Gasteiger partial charge in [0.15, 0.2) is 0 Å². The Morgan fingerprint density at radius 3 is 2.07 bits per heavy atom. The Bertz CT molecular complexity index is 712. The van der Waals surface area contributed by atoms with Gasteiger partial charge in [-0.15, -0.1) is 0 Å². The summed E-state index contributed by atoms with van der Waals surface area (Å²) in [6, 6.07) is 18.0. The molecule has 4 heteroatoms. The van der Waals surface area contributed by atoms with E-state index in [1.54, 1.807) is 0 Å². The highest BCUT2D eigenvalue weighted by Crippen LogP contribution is 2.47. The maximum atomic E-state index is 6.11. The van der Waals surface area contributed by atoms with Crippen molar-refractivity contribution in [1.82, 2.24) is 4.90 Å². The molecule has 0 aliphatic carbocycles. The smallest absolute Gasteiger partial charge is 0.0639 e. The highest BCUT2D eigenvalue weighted by molar-refractivity contribution is 7.99. The summed E-state index contributed by atoms with van der Waals surface area (Å²) in [5.74, 6) is 0.581. The Labute approximate surface area is 167 Å². The molecule has 1 atom stereocenters. The molecule has 1 saturated heterocycles. The van der Waals surface area contributed by atoms with Crippen LogP contribution >= 0.6 is 11.8 Å². The van der Waals surface area contributed by atoms with Crippen LogP contribution in [0.5, 0.6) is 0 Å². The van der Waals surface area contributed by atoms with Crippen molar-refractivity contribution >= 4 is 23.1 Å². The number of para-hydroxylation sites is 2. The van der Waals surface area contributed by atoms with E-state index in [1.807, 2.05) is 11.8 Å². The quantitative estimate of drug-likeness (QED) is 0.634. The van der Waals surface area contributed by atoms with E-state index in [0.717, 1.165) is 19.8 Å². The topological polar surface area (TPSA) is 15.7 Å². The molecule has 2 heterocycles. The van der Waals surface area contributed by atoms with Gasteiger partial charge in [-0.2, -0.15) is 0 Å². The van der Waals surface area contributed by atoms with E-state index in [4.69, 9.17) is 4.74 Å². The van der Waals surface area contributed by atoms with Crippen molar-refractivity contribution < 1.29 is 4.74 Å².